The van der Waals surface area contributed by atoms with Crippen LogP contribution < -0.4 is 0 Å². The lowest BCUT2D eigenvalue weighted by atomic mass is 9.77. The third-order valence-corrected chi connectivity index (χ3v) is 3.18. The van der Waals surface area contributed by atoms with Gasteiger partial charge in [-0.2, -0.15) is 0 Å². The van der Waals surface area contributed by atoms with Crippen LogP contribution >= 0.6 is 0 Å². The Hall–Kier alpha value is -0.0800. The van der Waals surface area contributed by atoms with E-state index in [1.165, 1.54) is 26.1 Å². The van der Waals surface area contributed by atoms with Crippen molar-refractivity contribution in [2.75, 3.05) is 26.7 Å². The van der Waals surface area contributed by atoms with E-state index in [4.69, 9.17) is 0 Å². The van der Waals surface area contributed by atoms with E-state index < -0.39 is 0 Å². The Bertz CT molecular complexity index is 159. The lowest BCUT2D eigenvalue weighted by Crippen LogP contribution is -2.77. The fourth-order valence-electron chi connectivity index (χ4n) is 2.66. The van der Waals surface area contributed by atoms with Crippen LogP contribution in [0.4, 0.5) is 0 Å². The van der Waals surface area contributed by atoms with Crippen LogP contribution in [0.15, 0.2) is 0 Å². The highest BCUT2D eigenvalue weighted by atomic mass is 15.4. The molecule has 0 amide bonds. The van der Waals surface area contributed by atoms with E-state index in [1.54, 1.807) is 0 Å². The van der Waals surface area contributed by atoms with Gasteiger partial charge in [0, 0.05) is 31.2 Å². The molecule has 64 valence electrons. The minimum Gasteiger partial charge on any atom is -0.303 e. The Morgan fingerprint density at radius 1 is 1.27 bits per heavy atom. The van der Waals surface area contributed by atoms with Gasteiger partial charge in [0.05, 0.1) is 0 Å². The molecule has 0 aromatic heterocycles. The molecule has 0 saturated carbocycles. The van der Waals surface area contributed by atoms with Crippen molar-refractivity contribution in [3.8, 4) is 0 Å². The van der Waals surface area contributed by atoms with Crippen molar-refractivity contribution in [1.29, 1.82) is 0 Å². The maximum Gasteiger partial charge on any atom is 0.0477 e. The van der Waals surface area contributed by atoms with Crippen LogP contribution in [0.5, 0.6) is 0 Å². The highest BCUT2D eigenvalue weighted by molar-refractivity contribution is 5.10. The van der Waals surface area contributed by atoms with Gasteiger partial charge in [0.25, 0.3) is 0 Å². The summed E-state index contributed by atoms with van der Waals surface area (Å²) in [5.41, 5.74) is 0.614. The monoisotopic (exact) mass is 154 g/mol. The Morgan fingerprint density at radius 3 is 2.18 bits per heavy atom. The molecular weight excluding hydrogens is 136 g/mol. The second kappa shape index (κ2) is 2.20. The number of rotatable bonds is 1. The number of likely N-dealkylation sites (tertiary alicyclic amines) is 2. The molecule has 2 aliphatic heterocycles. The largest absolute Gasteiger partial charge is 0.303 e. The zero-order valence-electron chi connectivity index (χ0n) is 7.80. The molecule has 2 nitrogen and oxygen atoms in total. The van der Waals surface area contributed by atoms with Crippen LogP contribution in [0.1, 0.15) is 20.3 Å². The van der Waals surface area contributed by atoms with Gasteiger partial charge in [-0.1, -0.05) is 0 Å². The molecule has 0 aromatic carbocycles. The predicted octanol–water partition coefficient (Wildman–Crippen LogP) is 0.785. The average molecular weight is 154 g/mol. The molecule has 2 heterocycles. The molecular formula is C9H18N2. The summed E-state index contributed by atoms with van der Waals surface area (Å²) in [5, 5.41) is 0. The van der Waals surface area contributed by atoms with Gasteiger partial charge in [-0.25, -0.2) is 0 Å². The molecule has 0 bridgehead atoms. The van der Waals surface area contributed by atoms with Crippen LogP contribution in [-0.2, 0) is 0 Å². The van der Waals surface area contributed by atoms with Gasteiger partial charge in [-0.05, 0) is 27.3 Å². The number of hydrogen-bond donors (Lipinski definition) is 0. The molecule has 0 radical (unpaired) electrons. The van der Waals surface area contributed by atoms with Crippen LogP contribution in [0.3, 0.4) is 0 Å². The molecule has 2 saturated heterocycles. The summed E-state index contributed by atoms with van der Waals surface area (Å²) in [6.45, 7) is 8.53. The van der Waals surface area contributed by atoms with Crippen molar-refractivity contribution < 1.29 is 0 Å². The van der Waals surface area contributed by atoms with Crippen molar-refractivity contribution in [3.63, 3.8) is 0 Å². The topological polar surface area (TPSA) is 6.48 Å². The highest BCUT2D eigenvalue weighted by Crippen LogP contribution is 2.39. The second-order valence-electron chi connectivity index (χ2n) is 4.43. The van der Waals surface area contributed by atoms with Gasteiger partial charge in [0.15, 0.2) is 0 Å². The summed E-state index contributed by atoms with van der Waals surface area (Å²) in [4.78, 5) is 5.06. The number of nitrogens with zero attached hydrogens (tertiary/aromatic N) is 2. The summed E-state index contributed by atoms with van der Waals surface area (Å²) in [6.07, 6.45) is 1.43. The van der Waals surface area contributed by atoms with E-state index in [-0.39, 0.29) is 0 Å². The summed E-state index contributed by atoms with van der Waals surface area (Å²) in [5.74, 6) is 0. The van der Waals surface area contributed by atoms with E-state index in [9.17, 15) is 0 Å². The summed E-state index contributed by atoms with van der Waals surface area (Å²) < 4.78 is 0. The summed E-state index contributed by atoms with van der Waals surface area (Å²) >= 11 is 0. The van der Waals surface area contributed by atoms with Gasteiger partial charge in [0.2, 0.25) is 0 Å². The molecule has 2 aliphatic rings. The fourth-order valence-corrected chi connectivity index (χ4v) is 2.66. The molecule has 0 aromatic rings. The first kappa shape index (κ1) is 7.56. The smallest absolute Gasteiger partial charge is 0.0477 e. The molecule has 2 fully saturated rings. The Labute approximate surface area is 69.2 Å². The summed E-state index contributed by atoms with van der Waals surface area (Å²) in [7, 11) is 2.21. The van der Waals surface area contributed by atoms with E-state index in [2.05, 4.69) is 30.7 Å². The van der Waals surface area contributed by atoms with Crippen molar-refractivity contribution >= 4 is 0 Å². The Morgan fingerprint density at radius 2 is 1.91 bits per heavy atom. The minimum atomic E-state index is 0.614. The van der Waals surface area contributed by atoms with Gasteiger partial charge in [-0.3, -0.25) is 4.90 Å². The Kier molecular flexibility index (Phi) is 1.52. The normalized spacial score (nSPS) is 30.5. The lowest BCUT2D eigenvalue weighted by Gasteiger charge is -2.63. The number of hydrogen-bond acceptors (Lipinski definition) is 2. The highest BCUT2D eigenvalue weighted by Gasteiger charge is 2.52. The van der Waals surface area contributed by atoms with Crippen LogP contribution in [0.25, 0.3) is 0 Å². The maximum absolute atomic E-state index is 2.65. The summed E-state index contributed by atoms with van der Waals surface area (Å²) in [6, 6.07) is 0.748. The van der Waals surface area contributed by atoms with Gasteiger partial charge in [-0.15, -0.1) is 0 Å². The third-order valence-electron chi connectivity index (χ3n) is 3.18. The van der Waals surface area contributed by atoms with E-state index in [0.29, 0.717) is 5.54 Å². The van der Waals surface area contributed by atoms with Crippen molar-refractivity contribution in [2.24, 2.45) is 0 Å². The average Bonchev–Trinajstić information content (AvgIpc) is 1.76. The minimum absolute atomic E-state index is 0.614. The first-order valence-electron chi connectivity index (χ1n) is 4.59. The molecule has 2 rings (SSSR count). The van der Waals surface area contributed by atoms with Gasteiger partial charge < -0.3 is 4.90 Å². The maximum atomic E-state index is 2.65. The van der Waals surface area contributed by atoms with Crippen LogP contribution in [0, 0.1) is 0 Å². The molecule has 11 heavy (non-hydrogen) atoms. The van der Waals surface area contributed by atoms with Gasteiger partial charge >= 0.3 is 0 Å². The molecule has 2 heteroatoms. The molecule has 0 atom stereocenters. The fraction of sp³-hybridized carbons (Fsp3) is 1.00. The SMILES string of the molecule is CC(C)N1CCC12CN(C)C2. The molecule has 0 N–H and O–H groups in total. The standard InChI is InChI=1S/C9H18N2/c1-8(2)11-5-4-9(11)6-10(3)7-9/h8H,4-7H2,1-3H3. The Balaban J connectivity index is 1.96. The first-order chi connectivity index (χ1) is 5.14. The predicted molar refractivity (Wildman–Crippen MR) is 46.7 cm³/mol. The zero-order chi connectivity index (χ0) is 8.06. The van der Waals surface area contributed by atoms with E-state index in [1.807, 2.05) is 0 Å². The van der Waals surface area contributed by atoms with Gasteiger partial charge in [0.1, 0.15) is 0 Å². The van der Waals surface area contributed by atoms with E-state index >= 15 is 0 Å². The second-order valence-corrected chi connectivity index (χ2v) is 4.43. The molecule has 0 unspecified atom stereocenters. The first-order valence-corrected chi connectivity index (χ1v) is 4.59. The lowest BCUT2D eigenvalue weighted by molar-refractivity contribution is -0.129. The van der Waals surface area contributed by atoms with Crippen LogP contribution in [0.2, 0.25) is 0 Å². The third kappa shape index (κ3) is 0.926. The molecule has 1 spiro atoms. The molecule has 0 aliphatic carbocycles. The zero-order valence-corrected chi connectivity index (χ0v) is 7.80. The van der Waals surface area contributed by atoms with Crippen LogP contribution in [-0.4, -0.2) is 48.1 Å². The number of likely N-dealkylation sites (N-methyl/N-ethyl adjacent to an activating group) is 1. The van der Waals surface area contributed by atoms with E-state index in [0.717, 1.165) is 6.04 Å². The van der Waals surface area contributed by atoms with Crippen molar-refractivity contribution in [2.45, 2.75) is 31.8 Å². The van der Waals surface area contributed by atoms with Crippen molar-refractivity contribution in [1.82, 2.24) is 9.80 Å². The van der Waals surface area contributed by atoms with Crippen molar-refractivity contribution in [3.05, 3.63) is 0 Å². The quantitative estimate of drug-likeness (QED) is 0.551.